The largest absolute Gasteiger partial charge is 0.322 e. The average molecular weight is 379 g/mol. The molecule has 0 spiro atoms. The van der Waals surface area contributed by atoms with Crippen molar-refractivity contribution in [1.29, 1.82) is 0 Å². The number of hydrogen-bond donors (Lipinski definition) is 1. The van der Waals surface area contributed by atoms with E-state index in [0.29, 0.717) is 9.99 Å². The third kappa shape index (κ3) is 2.89. The Labute approximate surface area is 138 Å². The third-order valence-electron chi connectivity index (χ3n) is 3.44. The number of hydrogen-bond acceptors (Lipinski definition) is 3. The van der Waals surface area contributed by atoms with Crippen molar-refractivity contribution in [2.45, 2.75) is 13.0 Å². The van der Waals surface area contributed by atoms with Crippen LogP contribution in [0.2, 0.25) is 0 Å². The van der Waals surface area contributed by atoms with Gasteiger partial charge in [-0.3, -0.25) is 9.59 Å². The third-order valence-corrected chi connectivity index (χ3v) is 3.94. The van der Waals surface area contributed by atoms with Gasteiger partial charge in [0.2, 0.25) is 5.91 Å². The van der Waals surface area contributed by atoms with Gasteiger partial charge in [0.1, 0.15) is 23.7 Å². The number of halogens is 2. The molecular formula is C15H12BrFN4O2. The molecule has 0 radical (unpaired) electrons. The molecule has 118 valence electrons. The predicted molar refractivity (Wildman–Crippen MR) is 86.9 cm³/mol. The first kappa shape index (κ1) is 15.4. The summed E-state index contributed by atoms with van der Waals surface area (Å²) in [5, 5.41) is 6.45. The lowest BCUT2D eigenvalue weighted by Crippen LogP contribution is -2.34. The molecule has 8 heteroatoms. The van der Waals surface area contributed by atoms with Crippen LogP contribution in [0.25, 0.3) is 5.52 Å². The highest BCUT2D eigenvalue weighted by Gasteiger charge is 2.19. The van der Waals surface area contributed by atoms with Gasteiger partial charge in [-0.05, 0) is 37.3 Å². The topological polar surface area (TPSA) is 68.4 Å². The van der Waals surface area contributed by atoms with E-state index in [1.54, 1.807) is 28.8 Å². The molecule has 0 aliphatic rings. The van der Waals surface area contributed by atoms with E-state index in [4.69, 9.17) is 0 Å². The number of rotatable bonds is 3. The first-order valence-corrected chi connectivity index (χ1v) is 7.57. The van der Waals surface area contributed by atoms with E-state index in [2.05, 4.69) is 26.3 Å². The van der Waals surface area contributed by atoms with E-state index in [1.807, 2.05) is 0 Å². The quantitative estimate of drug-likeness (QED) is 0.761. The second-order valence-corrected chi connectivity index (χ2v) is 5.89. The molecule has 0 bridgehead atoms. The Morgan fingerprint density at radius 2 is 2.17 bits per heavy atom. The number of carbonyl (C=O) groups is 1. The van der Waals surface area contributed by atoms with Crippen molar-refractivity contribution in [3.8, 4) is 0 Å². The monoisotopic (exact) mass is 378 g/mol. The Hall–Kier alpha value is -2.48. The molecule has 2 aromatic heterocycles. The van der Waals surface area contributed by atoms with Crippen molar-refractivity contribution in [3.05, 3.63) is 63.5 Å². The van der Waals surface area contributed by atoms with Gasteiger partial charge in [-0.1, -0.05) is 15.9 Å². The summed E-state index contributed by atoms with van der Waals surface area (Å²) in [4.78, 5) is 24.6. The molecule has 1 amide bonds. The van der Waals surface area contributed by atoms with E-state index < -0.39 is 23.3 Å². The molecule has 0 saturated heterocycles. The highest BCUT2D eigenvalue weighted by Crippen LogP contribution is 2.20. The first-order chi connectivity index (χ1) is 11.0. The molecule has 23 heavy (non-hydrogen) atoms. The minimum absolute atomic E-state index is 0.0434. The standard InChI is InChI=1S/C15H12BrFN4O2/c1-9(14(22)19-12-5-4-10(16)7-11(12)17)21-15(23)13-3-2-6-20(13)8-18-21/h2-9H,1H3,(H,19,22). The summed E-state index contributed by atoms with van der Waals surface area (Å²) in [5.74, 6) is -1.10. The van der Waals surface area contributed by atoms with Crippen LogP contribution in [0.5, 0.6) is 0 Å². The first-order valence-electron chi connectivity index (χ1n) is 6.78. The number of fused-ring (bicyclic) bond motifs is 1. The predicted octanol–water partition coefficient (Wildman–Crippen LogP) is 2.60. The molecule has 1 atom stereocenters. The minimum atomic E-state index is -0.884. The van der Waals surface area contributed by atoms with Crippen molar-refractivity contribution >= 4 is 33.0 Å². The van der Waals surface area contributed by atoms with E-state index in [1.165, 1.54) is 25.4 Å². The Balaban J connectivity index is 1.89. The van der Waals surface area contributed by atoms with Gasteiger partial charge in [0.25, 0.3) is 5.56 Å². The molecule has 0 aliphatic carbocycles. The molecule has 1 unspecified atom stereocenters. The fourth-order valence-electron chi connectivity index (χ4n) is 2.17. The number of amides is 1. The fourth-order valence-corrected chi connectivity index (χ4v) is 2.50. The zero-order valence-corrected chi connectivity index (χ0v) is 13.6. The lowest BCUT2D eigenvalue weighted by molar-refractivity contribution is -0.119. The SMILES string of the molecule is CC(C(=O)Nc1ccc(Br)cc1F)n1ncn2cccc2c1=O. The molecule has 0 aliphatic heterocycles. The van der Waals surface area contributed by atoms with Crippen LogP contribution < -0.4 is 10.9 Å². The van der Waals surface area contributed by atoms with Gasteiger partial charge in [-0.15, -0.1) is 0 Å². The highest BCUT2D eigenvalue weighted by molar-refractivity contribution is 9.10. The maximum atomic E-state index is 13.8. The zero-order chi connectivity index (χ0) is 16.6. The second-order valence-electron chi connectivity index (χ2n) is 4.97. The summed E-state index contributed by atoms with van der Waals surface area (Å²) < 4.78 is 17.0. The number of aromatic nitrogens is 3. The number of carbonyl (C=O) groups excluding carboxylic acids is 1. The lowest BCUT2D eigenvalue weighted by Gasteiger charge is -2.14. The fraction of sp³-hybridized carbons (Fsp3) is 0.133. The smallest absolute Gasteiger partial charge is 0.291 e. The van der Waals surface area contributed by atoms with E-state index >= 15 is 0 Å². The lowest BCUT2D eigenvalue weighted by atomic mass is 10.2. The number of benzene rings is 1. The zero-order valence-electron chi connectivity index (χ0n) is 12.0. The van der Waals surface area contributed by atoms with Crippen molar-refractivity contribution < 1.29 is 9.18 Å². The molecule has 6 nitrogen and oxygen atoms in total. The van der Waals surface area contributed by atoms with Crippen molar-refractivity contribution in [2.24, 2.45) is 0 Å². The number of nitrogens with one attached hydrogen (secondary N) is 1. The van der Waals surface area contributed by atoms with Crippen LogP contribution in [-0.4, -0.2) is 20.1 Å². The molecule has 3 rings (SSSR count). The van der Waals surface area contributed by atoms with Gasteiger partial charge in [-0.25, -0.2) is 9.07 Å². The summed E-state index contributed by atoms with van der Waals surface area (Å²) in [6.07, 6.45) is 3.14. The summed E-state index contributed by atoms with van der Waals surface area (Å²) in [5.41, 5.74) is 0.0627. The Bertz CT molecular complexity index is 950. The Morgan fingerprint density at radius 1 is 1.39 bits per heavy atom. The second kappa shape index (κ2) is 5.96. The summed E-state index contributed by atoms with van der Waals surface area (Å²) in [6.45, 7) is 1.53. The molecule has 1 N–H and O–H groups in total. The van der Waals surface area contributed by atoms with Crippen LogP contribution in [0.15, 0.2) is 52.1 Å². The number of anilines is 1. The van der Waals surface area contributed by atoms with Crippen molar-refractivity contribution in [1.82, 2.24) is 14.2 Å². The molecule has 2 heterocycles. The van der Waals surface area contributed by atoms with Crippen LogP contribution in [0.3, 0.4) is 0 Å². The van der Waals surface area contributed by atoms with Gasteiger partial charge in [0, 0.05) is 10.7 Å². The van der Waals surface area contributed by atoms with Crippen LogP contribution >= 0.6 is 15.9 Å². The van der Waals surface area contributed by atoms with Crippen molar-refractivity contribution in [2.75, 3.05) is 5.32 Å². The molecule has 1 aromatic carbocycles. The van der Waals surface area contributed by atoms with E-state index in [-0.39, 0.29) is 5.69 Å². The Morgan fingerprint density at radius 3 is 2.91 bits per heavy atom. The summed E-state index contributed by atoms with van der Waals surface area (Å²) in [7, 11) is 0. The molecule has 0 saturated carbocycles. The summed E-state index contributed by atoms with van der Waals surface area (Å²) in [6, 6.07) is 6.77. The van der Waals surface area contributed by atoms with Gasteiger partial charge >= 0.3 is 0 Å². The van der Waals surface area contributed by atoms with Crippen LogP contribution in [0.4, 0.5) is 10.1 Å². The van der Waals surface area contributed by atoms with Gasteiger partial charge in [0.15, 0.2) is 0 Å². The van der Waals surface area contributed by atoms with Gasteiger partial charge in [0.05, 0.1) is 5.69 Å². The highest BCUT2D eigenvalue weighted by atomic mass is 79.9. The molecular weight excluding hydrogens is 367 g/mol. The average Bonchev–Trinajstić information content (AvgIpc) is 2.99. The van der Waals surface area contributed by atoms with Crippen LogP contribution in [-0.2, 0) is 4.79 Å². The van der Waals surface area contributed by atoms with Gasteiger partial charge in [-0.2, -0.15) is 5.10 Å². The molecule has 3 aromatic rings. The van der Waals surface area contributed by atoms with Crippen molar-refractivity contribution in [3.63, 3.8) is 0 Å². The maximum Gasteiger partial charge on any atom is 0.291 e. The van der Waals surface area contributed by atoms with Gasteiger partial charge < -0.3 is 9.72 Å². The molecule has 0 fully saturated rings. The summed E-state index contributed by atoms with van der Waals surface area (Å²) >= 11 is 3.15. The number of nitrogens with zero attached hydrogens (tertiary/aromatic N) is 3. The van der Waals surface area contributed by atoms with Crippen LogP contribution in [0.1, 0.15) is 13.0 Å². The normalized spacial score (nSPS) is 12.3. The Kier molecular flexibility index (Phi) is 3.99. The van der Waals surface area contributed by atoms with E-state index in [9.17, 15) is 14.0 Å². The van der Waals surface area contributed by atoms with Crippen LogP contribution in [0, 0.1) is 5.82 Å². The maximum absolute atomic E-state index is 13.8. The minimum Gasteiger partial charge on any atom is -0.322 e. The van der Waals surface area contributed by atoms with E-state index in [0.717, 1.165) is 4.68 Å².